The molecular formula is C12H18ClIN4O2S. The standard InChI is InChI=1S/C12H17ClN4O2S.HI/c1-14-12(17-10-4-5-20(18,19)8-10)16-7-9-2-3-11(13)15-6-9;/h2-3,6,10H,4-5,7-8H2,1H3,(H2,14,16,17);1H. The molecule has 0 amide bonds. The van der Waals surface area contributed by atoms with Gasteiger partial charge in [0, 0.05) is 25.8 Å². The zero-order valence-corrected chi connectivity index (χ0v) is 15.4. The van der Waals surface area contributed by atoms with E-state index in [-0.39, 0.29) is 41.5 Å². The largest absolute Gasteiger partial charge is 0.353 e. The van der Waals surface area contributed by atoms with Crippen molar-refractivity contribution in [3.05, 3.63) is 29.0 Å². The molecule has 2 N–H and O–H groups in total. The average molecular weight is 445 g/mol. The van der Waals surface area contributed by atoms with Crippen LogP contribution in [0.2, 0.25) is 5.15 Å². The maximum absolute atomic E-state index is 11.4. The zero-order valence-electron chi connectivity index (χ0n) is 11.5. The summed E-state index contributed by atoms with van der Waals surface area (Å²) in [4.78, 5) is 8.08. The monoisotopic (exact) mass is 444 g/mol. The molecule has 6 nitrogen and oxygen atoms in total. The predicted molar refractivity (Wildman–Crippen MR) is 95.1 cm³/mol. The van der Waals surface area contributed by atoms with Crippen molar-refractivity contribution in [1.82, 2.24) is 15.6 Å². The molecule has 0 aliphatic carbocycles. The van der Waals surface area contributed by atoms with E-state index in [1.165, 1.54) is 0 Å². The lowest BCUT2D eigenvalue weighted by molar-refractivity contribution is 0.599. The van der Waals surface area contributed by atoms with E-state index in [0.29, 0.717) is 24.1 Å². The summed E-state index contributed by atoms with van der Waals surface area (Å²) in [6.07, 6.45) is 2.30. The molecule has 118 valence electrons. The first kappa shape index (κ1) is 18.4. The second-order valence-corrected chi connectivity index (χ2v) is 7.28. The molecule has 1 aromatic rings. The third-order valence-electron chi connectivity index (χ3n) is 3.05. The van der Waals surface area contributed by atoms with Crippen LogP contribution in [0, 0.1) is 0 Å². The van der Waals surface area contributed by atoms with Crippen molar-refractivity contribution >= 4 is 51.4 Å². The maximum Gasteiger partial charge on any atom is 0.191 e. The lowest BCUT2D eigenvalue weighted by Crippen LogP contribution is -2.43. The van der Waals surface area contributed by atoms with Crippen LogP contribution in [-0.4, -0.2) is 44.0 Å². The molecule has 1 aliphatic heterocycles. The summed E-state index contributed by atoms with van der Waals surface area (Å²) in [5.41, 5.74) is 0.969. The minimum absolute atomic E-state index is 0. The van der Waals surface area contributed by atoms with E-state index in [1.807, 2.05) is 6.07 Å². The topological polar surface area (TPSA) is 83.4 Å². The predicted octanol–water partition coefficient (Wildman–Crippen LogP) is 1.21. The first-order valence-corrected chi connectivity index (χ1v) is 8.46. The number of hydrogen-bond donors (Lipinski definition) is 2. The highest BCUT2D eigenvalue weighted by molar-refractivity contribution is 14.0. The van der Waals surface area contributed by atoms with E-state index in [9.17, 15) is 8.42 Å². The van der Waals surface area contributed by atoms with Gasteiger partial charge in [-0.1, -0.05) is 17.7 Å². The van der Waals surface area contributed by atoms with Gasteiger partial charge >= 0.3 is 0 Å². The number of sulfone groups is 1. The summed E-state index contributed by atoms with van der Waals surface area (Å²) in [6, 6.07) is 3.52. The molecule has 1 aromatic heterocycles. The first-order chi connectivity index (χ1) is 9.48. The Bertz CT molecular complexity index is 592. The third kappa shape index (κ3) is 5.95. The van der Waals surface area contributed by atoms with Gasteiger partial charge in [0.05, 0.1) is 11.5 Å². The Labute approximate surface area is 146 Å². The quantitative estimate of drug-likeness (QED) is 0.317. The molecule has 9 heteroatoms. The van der Waals surface area contributed by atoms with Gasteiger partial charge in [-0.2, -0.15) is 0 Å². The van der Waals surface area contributed by atoms with Gasteiger partial charge in [-0.15, -0.1) is 24.0 Å². The van der Waals surface area contributed by atoms with Crippen molar-refractivity contribution in [2.75, 3.05) is 18.6 Å². The van der Waals surface area contributed by atoms with Gasteiger partial charge in [0.15, 0.2) is 15.8 Å². The molecule has 1 unspecified atom stereocenters. The van der Waals surface area contributed by atoms with Crippen LogP contribution in [0.4, 0.5) is 0 Å². The number of guanidine groups is 1. The number of pyridine rings is 1. The lowest BCUT2D eigenvalue weighted by Gasteiger charge is -2.16. The molecule has 0 bridgehead atoms. The highest BCUT2D eigenvalue weighted by Gasteiger charge is 2.28. The van der Waals surface area contributed by atoms with Crippen molar-refractivity contribution in [2.24, 2.45) is 4.99 Å². The van der Waals surface area contributed by atoms with Crippen LogP contribution in [0.1, 0.15) is 12.0 Å². The minimum atomic E-state index is -2.89. The molecule has 1 atom stereocenters. The van der Waals surface area contributed by atoms with Crippen LogP contribution in [-0.2, 0) is 16.4 Å². The zero-order chi connectivity index (χ0) is 14.6. The fraction of sp³-hybridized carbons (Fsp3) is 0.500. The average Bonchev–Trinajstić information content (AvgIpc) is 2.75. The number of nitrogens with zero attached hydrogens (tertiary/aromatic N) is 2. The van der Waals surface area contributed by atoms with Crippen LogP contribution in [0.25, 0.3) is 0 Å². The van der Waals surface area contributed by atoms with Gasteiger partial charge in [0.1, 0.15) is 5.15 Å². The lowest BCUT2D eigenvalue weighted by atomic mass is 10.2. The van der Waals surface area contributed by atoms with Crippen LogP contribution in [0.3, 0.4) is 0 Å². The van der Waals surface area contributed by atoms with Crippen LogP contribution >= 0.6 is 35.6 Å². The van der Waals surface area contributed by atoms with Crippen LogP contribution < -0.4 is 10.6 Å². The molecule has 0 radical (unpaired) electrons. The highest BCUT2D eigenvalue weighted by atomic mass is 127. The van der Waals surface area contributed by atoms with Crippen LogP contribution in [0.15, 0.2) is 23.3 Å². The van der Waals surface area contributed by atoms with Gasteiger partial charge in [0.2, 0.25) is 0 Å². The Morgan fingerprint density at radius 3 is 2.81 bits per heavy atom. The minimum Gasteiger partial charge on any atom is -0.353 e. The SMILES string of the molecule is CN=C(NCc1ccc(Cl)nc1)NC1CCS(=O)(=O)C1.I. The Kier molecular flexibility index (Phi) is 7.14. The van der Waals surface area contributed by atoms with Crippen LogP contribution in [0.5, 0.6) is 0 Å². The Morgan fingerprint density at radius 1 is 1.52 bits per heavy atom. The molecule has 21 heavy (non-hydrogen) atoms. The number of aliphatic imine (C=N–C) groups is 1. The van der Waals surface area contributed by atoms with Gasteiger partial charge in [-0.25, -0.2) is 13.4 Å². The number of aromatic nitrogens is 1. The first-order valence-electron chi connectivity index (χ1n) is 6.26. The van der Waals surface area contributed by atoms with Crippen molar-refractivity contribution in [3.8, 4) is 0 Å². The molecule has 1 fully saturated rings. The second kappa shape index (κ2) is 8.14. The summed E-state index contributed by atoms with van der Waals surface area (Å²) in [5.74, 6) is 0.987. The van der Waals surface area contributed by atoms with E-state index in [0.717, 1.165) is 5.56 Å². The number of hydrogen-bond acceptors (Lipinski definition) is 4. The van der Waals surface area contributed by atoms with E-state index in [4.69, 9.17) is 11.6 Å². The maximum atomic E-state index is 11.4. The molecule has 1 aliphatic rings. The molecule has 0 aromatic carbocycles. The summed E-state index contributed by atoms with van der Waals surface area (Å²) in [5, 5.41) is 6.69. The molecule has 0 saturated carbocycles. The normalized spacial score (nSPS) is 20.7. The van der Waals surface area contributed by atoms with E-state index in [1.54, 1.807) is 19.3 Å². The third-order valence-corrected chi connectivity index (χ3v) is 5.04. The summed E-state index contributed by atoms with van der Waals surface area (Å²) < 4.78 is 22.8. The second-order valence-electron chi connectivity index (χ2n) is 4.66. The summed E-state index contributed by atoms with van der Waals surface area (Å²) >= 11 is 5.72. The Balaban J connectivity index is 0.00000220. The molecule has 0 spiro atoms. The summed E-state index contributed by atoms with van der Waals surface area (Å²) in [7, 11) is -1.24. The molecule has 2 rings (SSSR count). The fourth-order valence-electron chi connectivity index (χ4n) is 1.99. The van der Waals surface area contributed by atoms with Crippen molar-refractivity contribution in [1.29, 1.82) is 0 Å². The van der Waals surface area contributed by atoms with E-state index < -0.39 is 9.84 Å². The number of rotatable bonds is 3. The number of nitrogens with one attached hydrogen (secondary N) is 2. The Hall–Kier alpha value is -0.610. The van der Waals surface area contributed by atoms with Gasteiger partial charge in [-0.05, 0) is 18.1 Å². The highest BCUT2D eigenvalue weighted by Crippen LogP contribution is 2.11. The van der Waals surface area contributed by atoms with Crippen molar-refractivity contribution in [2.45, 2.75) is 19.0 Å². The molecule has 2 heterocycles. The summed E-state index contributed by atoms with van der Waals surface area (Å²) in [6.45, 7) is 0.545. The van der Waals surface area contributed by atoms with Gasteiger partial charge in [-0.3, -0.25) is 4.99 Å². The molecule has 1 saturated heterocycles. The van der Waals surface area contributed by atoms with Gasteiger partial charge < -0.3 is 10.6 Å². The Morgan fingerprint density at radius 2 is 2.29 bits per heavy atom. The smallest absolute Gasteiger partial charge is 0.191 e. The van der Waals surface area contributed by atoms with E-state index in [2.05, 4.69) is 20.6 Å². The fourth-order valence-corrected chi connectivity index (χ4v) is 3.78. The number of halogens is 2. The van der Waals surface area contributed by atoms with Crippen molar-refractivity contribution in [3.63, 3.8) is 0 Å². The van der Waals surface area contributed by atoms with Crippen molar-refractivity contribution < 1.29 is 8.42 Å². The van der Waals surface area contributed by atoms with Gasteiger partial charge in [0.25, 0.3) is 0 Å². The van der Waals surface area contributed by atoms with E-state index >= 15 is 0 Å². The molecular weight excluding hydrogens is 427 g/mol.